The third-order valence-electron chi connectivity index (χ3n) is 4.30. The summed E-state index contributed by atoms with van der Waals surface area (Å²) in [5.41, 5.74) is 1.05. The lowest BCUT2D eigenvalue weighted by Gasteiger charge is -2.43. The van der Waals surface area contributed by atoms with E-state index < -0.39 is 0 Å². The molecule has 0 aliphatic carbocycles. The number of alkyl halides is 1. The number of hydrogen-bond acceptors (Lipinski definition) is 3. The summed E-state index contributed by atoms with van der Waals surface area (Å²) in [5.74, 6) is 1.40. The first kappa shape index (κ1) is 15.6. The van der Waals surface area contributed by atoms with E-state index in [1.807, 2.05) is 18.2 Å². The second-order valence-electron chi connectivity index (χ2n) is 5.77. The Labute approximate surface area is 139 Å². The number of halogens is 2. The summed E-state index contributed by atoms with van der Waals surface area (Å²) >= 11 is 9.42. The van der Waals surface area contributed by atoms with Gasteiger partial charge < -0.3 is 14.2 Å². The minimum atomic E-state index is -0.0380. The summed E-state index contributed by atoms with van der Waals surface area (Å²) in [6.07, 6.45) is 4.03. The number of hydrogen-bond donors (Lipinski definition) is 0. The van der Waals surface area contributed by atoms with E-state index in [1.165, 1.54) is 0 Å². The van der Waals surface area contributed by atoms with Crippen LogP contribution >= 0.6 is 27.5 Å². The van der Waals surface area contributed by atoms with Crippen molar-refractivity contribution in [1.29, 1.82) is 0 Å². The average Bonchev–Trinajstić information content (AvgIpc) is 2.50. The molecule has 116 valence electrons. The van der Waals surface area contributed by atoms with Gasteiger partial charge in [-0.15, -0.1) is 11.6 Å². The number of benzene rings is 1. The molecule has 2 aliphatic rings. The second kappa shape index (κ2) is 6.86. The molecule has 3 nitrogen and oxygen atoms in total. The van der Waals surface area contributed by atoms with Crippen molar-refractivity contribution >= 4 is 27.5 Å². The van der Waals surface area contributed by atoms with Crippen LogP contribution in [0.5, 0.6) is 5.75 Å². The topological polar surface area (TPSA) is 27.7 Å². The fourth-order valence-corrected chi connectivity index (χ4v) is 3.76. The zero-order chi connectivity index (χ0) is 14.7. The van der Waals surface area contributed by atoms with Crippen LogP contribution in [0.25, 0.3) is 0 Å². The molecular weight excluding hydrogens is 356 g/mol. The number of ether oxygens (including phenoxy) is 3. The Morgan fingerprint density at radius 2 is 2.10 bits per heavy atom. The minimum Gasteiger partial charge on any atom is -0.489 e. The molecular formula is C16H20BrClO3. The van der Waals surface area contributed by atoms with E-state index in [4.69, 9.17) is 25.8 Å². The van der Waals surface area contributed by atoms with Gasteiger partial charge in [0, 0.05) is 31.9 Å². The van der Waals surface area contributed by atoms with Crippen molar-refractivity contribution < 1.29 is 14.2 Å². The summed E-state index contributed by atoms with van der Waals surface area (Å²) in [4.78, 5) is 0. The highest BCUT2D eigenvalue weighted by Gasteiger charge is 2.39. The van der Waals surface area contributed by atoms with Crippen LogP contribution in [0.4, 0.5) is 0 Å². The van der Waals surface area contributed by atoms with Crippen LogP contribution in [-0.4, -0.2) is 31.5 Å². The quantitative estimate of drug-likeness (QED) is 0.737. The first-order valence-electron chi connectivity index (χ1n) is 7.43. The molecule has 0 N–H and O–H groups in total. The Bertz CT molecular complexity index is 483. The monoisotopic (exact) mass is 374 g/mol. The Morgan fingerprint density at radius 1 is 1.29 bits per heavy atom. The summed E-state index contributed by atoms with van der Waals surface area (Å²) in [6.45, 7) is 2.35. The Hall–Kier alpha value is -0.290. The van der Waals surface area contributed by atoms with Gasteiger partial charge in [-0.1, -0.05) is 6.07 Å². The van der Waals surface area contributed by atoms with Crippen molar-refractivity contribution in [3.63, 3.8) is 0 Å². The fraction of sp³-hybridized carbons (Fsp3) is 0.625. The van der Waals surface area contributed by atoms with Crippen LogP contribution in [0.2, 0.25) is 0 Å². The first-order chi connectivity index (χ1) is 10.2. The zero-order valence-corrected chi connectivity index (χ0v) is 14.3. The molecule has 1 atom stereocenters. The molecule has 0 aromatic heterocycles. The van der Waals surface area contributed by atoms with Crippen molar-refractivity contribution in [2.75, 3.05) is 19.8 Å². The highest BCUT2D eigenvalue weighted by Crippen LogP contribution is 2.37. The Balaban J connectivity index is 1.67. The normalized spacial score (nSPS) is 25.0. The predicted molar refractivity (Wildman–Crippen MR) is 86.1 cm³/mol. The molecule has 5 heteroatoms. The maximum Gasteiger partial charge on any atom is 0.133 e. The van der Waals surface area contributed by atoms with Gasteiger partial charge in [0.15, 0.2) is 0 Å². The van der Waals surface area contributed by atoms with Gasteiger partial charge in [0.05, 0.1) is 16.7 Å². The van der Waals surface area contributed by atoms with Crippen LogP contribution in [0.15, 0.2) is 22.7 Å². The maximum absolute atomic E-state index is 6.20. The van der Waals surface area contributed by atoms with Gasteiger partial charge in [0.25, 0.3) is 0 Å². The third kappa shape index (κ3) is 3.73. The van der Waals surface area contributed by atoms with E-state index in [9.17, 15) is 0 Å². The molecule has 0 amide bonds. The first-order valence-corrected chi connectivity index (χ1v) is 8.76. The molecule has 2 saturated heterocycles. The van der Waals surface area contributed by atoms with Crippen LogP contribution in [0.3, 0.4) is 0 Å². The Kier molecular flexibility index (Phi) is 5.10. The second-order valence-corrected chi connectivity index (χ2v) is 6.90. The van der Waals surface area contributed by atoms with E-state index in [-0.39, 0.29) is 11.7 Å². The average molecular weight is 376 g/mol. The van der Waals surface area contributed by atoms with Gasteiger partial charge in [-0.2, -0.15) is 0 Å². The standard InChI is InChI=1S/C16H20BrClO3/c17-14-9-12(11-18)1-2-15(14)21-13-3-6-20-16(10-13)4-7-19-8-5-16/h1-2,9,13H,3-8,10-11H2. The van der Waals surface area contributed by atoms with Crippen molar-refractivity contribution in [2.24, 2.45) is 0 Å². The lowest BCUT2D eigenvalue weighted by atomic mass is 9.85. The van der Waals surface area contributed by atoms with Crippen molar-refractivity contribution in [2.45, 2.75) is 43.3 Å². The molecule has 1 aromatic carbocycles. The van der Waals surface area contributed by atoms with E-state index in [1.54, 1.807) is 0 Å². The van der Waals surface area contributed by atoms with Gasteiger partial charge in [-0.05, 0) is 46.5 Å². The summed E-state index contributed by atoms with van der Waals surface area (Å²) in [6, 6.07) is 6.02. The van der Waals surface area contributed by atoms with E-state index >= 15 is 0 Å². The smallest absolute Gasteiger partial charge is 0.133 e. The highest BCUT2D eigenvalue weighted by atomic mass is 79.9. The van der Waals surface area contributed by atoms with Gasteiger partial charge in [-0.3, -0.25) is 0 Å². The van der Waals surface area contributed by atoms with Crippen LogP contribution in [0, 0.1) is 0 Å². The lowest BCUT2D eigenvalue weighted by molar-refractivity contribution is -0.155. The van der Waals surface area contributed by atoms with Gasteiger partial charge >= 0.3 is 0 Å². The summed E-state index contributed by atoms with van der Waals surface area (Å²) in [5, 5.41) is 0. The molecule has 0 saturated carbocycles. The largest absolute Gasteiger partial charge is 0.489 e. The minimum absolute atomic E-state index is 0.0380. The third-order valence-corrected chi connectivity index (χ3v) is 5.22. The maximum atomic E-state index is 6.20. The number of rotatable bonds is 3. The molecule has 2 heterocycles. The van der Waals surface area contributed by atoms with E-state index in [0.717, 1.165) is 61.3 Å². The fourth-order valence-electron chi connectivity index (χ4n) is 3.08. The molecule has 0 radical (unpaired) electrons. The van der Waals surface area contributed by atoms with Crippen LogP contribution in [0.1, 0.15) is 31.2 Å². The lowest BCUT2D eigenvalue weighted by Crippen LogP contribution is -2.47. The molecule has 3 rings (SSSR count). The van der Waals surface area contributed by atoms with Crippen molar-refractivity contribution in [3.8, 4) is 5.75 Å². The molecule has 2 aliphatic heterocycles. The molecule has 21 heavy (non-hydrogen) atoms. The Morgan fingerprint density at radius 3 is 2.81 bits per heavy atom. The molecule has 1 aromatic rings. The van der Waals surface area contributed by atoms with Gasteiger partial charge in [0.1, 0.15) is 11.9 Å². The molecule has 1 unspecified atom stereocenters. The summed E-state index contributed by atoms with van der Waals surface area (Å²) < 4.78 is 18.7. The van der Waals surface area contributed by atoms with Crippen LogP contribution < -0.4 is 4.74 Å². The predicted octanol–water partition coefficient (Wildman–Crippen LogP) is 4.29. The summed E-state index contributed by atoms with van der Waals surface area (Å²) in [7, 11) is 0. The van der Waals surface area contributed by atoms with E-state index in [0.29, 0.717) is 5.88 Å². The van der Waals surface area contributed by atoms with E-state index in [2.05, 4.69) is 15.9 Å². The van der Waals surface area contributed by atoms with Gasteiger partial charge in [0.2, 0.25) is 0 Å². The van der Waals surface area contributed by atoms with Crippen molar-refractivity contribution in [3.05, 3.63) is 28.2 Å². The molecule has 0 bridgehead atoms. The zero-order valence-electron chi connectivity index (χ0n) is 11.9. The molecule has 2 fully saturated rings. The SMILES string of the molecule is ClCc1ccc(OC2CCOC3(CCOCC3)C2)c(Br)c1. The van der Waals surface area contributed by atoms with Crippen LogP contribution in [-0.2, 0) is 15.4 Å². The molecule has 1 spiro atoms. The highest BCUT2D eigenvalue weighted by molar-refractivity contribution is 9.10. The van der Waals surface area contributed by atoms with Gasteiger partial charge in [-0.25, -0.2) is 0 Å². The van der Waals surface area contributed by atoms with Crippen molar-refractivity contribution in [1.82, 2.24) is 0 Å².